The van der Waals surface area contributed by atoms with Gasteiger partial charge in [0, 0.05) is 13.6 Å². The second-order valence-corrected chi connectivity index (χ2v) is 5.11. The lowest BCUT2D eigenvalue weighted by atomic mass is 10.3. The Morgan fingerprint density at radius 3 is 2.83 bits per heavy atom. The topological polar surface area (TPSA) is 72.7 Å². The van der Waals surface area contributed by atoms with Crippen LogP contribution in [-0.4, -0.2) is 19.1 Å². The van der Waals surface area contributed by atoms with Gasteiger partial charge >= 0.3 is 5.69 Å². The normalized spacial score (nSPS) is 15.4. The van der Waals surface area contributed by atoms with Gasteiger partial charge in [-0.3, -0.25) is 13.9 Å². The number of hydrogen-bond acceptors (Lipinski definition) is 3. The number of nitrogens with zero attached hydrogens (tertiary/aromatic N) is 3. The molecule has 7 heteroatoms. The van der Waals surface area contributed by atoms with Crippen molar-refractivity contribution in [1.29, 1.82) is 0 Å². The zero-order valence-corrected chi connectivity index (χ0v) is 10.7. The third-order valence-corrected chi connectivity index (χ3v) is 3.58. The molecule has 0 bridgehead atoms. The van der Waals surface area contributed by atoms with E-state index < -0.39 is 5.56 Å². The van der Waals surface area contributed by atoms with E-state index >= 15 is 0 Å². The maximum absolute atomic E-state index is 12.1. The summed E-state index contributed by atoms with van der Waals surface area (Å²) in [6.07, 6.45) is 3.40. The highest BCUT2D eigenvalue weighted by atomic mass is 35.5. The Bertz CT molecular complexity index is 723. The van der Waals surface area contributed by atoms with Gasteiger partial charge in [-0.05, 0) is 23.9 Å². The predicted octanol–water partition coefficient (Wildman–Crippen LogP) is 0.877. The van der Waals surface area contributed by atoms with E-state index in [0.29, 0.717) is 18.1 Å². The summed E-state index contributed by atoms with van der Waals surface area (Å²) in [5.74, 6) is 0.707. The Balaban J connectivity index is 2.20. The summed E-state index contributed by atoms with van der Waals surface area (Å²) in [4.78, 5) is 30.7. The molecule has 1 saturated carbocycles. The quantitative estimate of drug-likeness (QED) is 0.840. The average Bonchev–Trinajstić information content (AvgIpc) is 3.08. The lowest BCUT2D eigenvalue weighted by Crippen LogP contribution is -2.38. The van der Waals surface area contributed by atoms with Crippen molar-refractivity contribution in [1.82, 2.24) is 19.1 Å². The molecule has 0 aromatic carbocycles. The Kier molecular flexibility index (Phi) is 2.55. The van der Waals surface area contributed by atoms with Gasteiger partial charge in [-0.2, -0.15) is 4.98 Å². The predicted molar refractivity (Wildman–Crippen MR) is 67.9 cm³/mol. The number of imidazole rings is 1. The monoisotopic (exact) mass is 268 g/mol. The van der Waals surface area contributed by atoms with E-state index in [2.05, 4.69) is 9.97 Å². The van der Waals surface area contributed by atoms with E-state index in [0.717, 1.165) is 11.0 Å². The fraction of sp³-hybridized carbons (Fsp3) is 0.545. The number of fused-ring (bicyclic) bond motifs is 1. The number of aromatic amines is 1. The molecule has 0 aliphatic heterocycles. The van der Waals surface area contributed by atoms with Crippen molar-refractivity contribution < 1.29 is 0 Å². The van der Waals surface area contributed by atoms with Crippen LogP contribution in [0.3, 0.4) is 0 Å². The minimum Gasteiger partial charge on any atom is -0.323 e. The van der Waals surface area contributed by atoms with Gasteiger partial charge in [0.1, 0.15) is 0 Å². The Morgan fingerprint density at radius 1 is 1.44 bits per heavy atom. The first-order valence-corrected chi connectivity index (χ1v) is 6.31. The van der Waals surface area contributed by atoms with Crippen LogP contribution in [0.15, 0.2) is 9.59 Å². The molecule has 0 atom stereocenters. The van der Waals surface area contributed by atoms with Crippen molar-refractivity contribution in [3.8, 4) is 0 Å². The van der Waals surface area contributed by atoms with Crippen molar-refractivity contribution in [3.05, 3.63) is 26.1 Å². The molecule has 1 N–H and O–H groups in total. The summed E-state index contributed by atoms with van der Waals surface area (Å²) in [5.41, 5.74) is -0.0833. The van der Waals surface area contributed by atoms with Gasteiger partial charge < -0.3 is 4.98 Å². The van der Waals surface area contributed by atoms with Gasteiger partial charge in [0.05, 0.1) is 0 Å². The molecule has 3 rings (SSSR count). The molecule has 0 amide bonds. The molecule has 0 unspecified atom stereocenters. The molecule has 6 nitrogen and oxygen atoms in total. The number of rotatable bonds is 3. The van der Waals surface area contributed by atoms with Crippen molar-refractivity contribution >= 4 is 22.8 Å². The smallest absolute Gasteiger partial charge is 0.323 e. The van der Waals surface area contributed by atoms with Crippen LogP contribution in [-0.2, 0) is 13.6 Å². The number of nitrogens with one attached hydrogen (secondary N) is 1. The molecule has 1 fully saturated rings. The van der Waals surface area contributed by atoms with E-state index in [1.807, 2.05) is 0 Å². The molecule has 18 heavy (non-hydrogen) atoms. The SMILES string of the molecule is Cn1c(=O)c2[nH]c(Cl)nc2n(CCC2CC2)c1=O. The number of H-pyrrole nitrogens is 1. The molecule has 1 aliphatic rings. The summed E-state index contributed by atoms with van der Waals surface area (Å²) in [5, 5.41) is 0.132. The van der Waals surface area contributed by atoms with Gasteiger partial charge in [0.2, 0.25) is 5.28 Å². The largest absolute Gasteiger partial charge is 0.332 e. The average molecular weight is 269 g/mol. The van der Waals surface area contributed by atoms with E-state index in [4.69, 9.17) is 11.6 Å². The zero-order chi connectivity index (χ0) is 12.9. The van der Waals surface area contributed by atoms with Crippen molar-refractivity contribution in [2.45, 2.75) is 25.8 Å². The van der Waals surface area contributed by atoms with Crippen LogP contribution in [0.4, 0.5) is 0 Å². The number of hydrogen-bond donors (Lipinski definition) is 1. The molecule has 2 aromatic heterocycles. The molecular formula is C11H13ClN4O2. The van der Waals surface area contributed by atoms with Crippen LogP contribution < -0.4 is 11.2 Å². The summed E-state index contributed by atoms with van der Waals surface area (Å²) < 4.78 is 2.61. The third kappa shape index (κ3) is 1.77. The molecule has 96 valence electrons. The fourth-order valence-electron chi connectivity index (χ4n) is 2.13. The van der Waals surface area contributed by atoms with Crippen LogP contribution in [0.1, 0.15) is 19.3 Å². The molecule has 0 spiro atoms. The minimum atomic E-state index is -0.392. The second-order valence-electron chi connectivity index (χ2n) is 4.76. The molecule has 2 aromatic rings. The minimum absolute atomic E-state index is 0.132. The third-order valence-electron chi connectivity index (χ3n) is 3.41. The van der Waals surface area contributed by atoms with Crippen molar-refractivity contribution in [2.24, 2.45) is 13.0 Å². The van der Waals surface area contributed by atoms with E-state index in [1.165, 1.54) is 24.5 Å². The molecule has 1 aliphatic carbocycles. The van der Waals surface area contributed by atoms with Crippen LogP contribution >= 0.6 is 11.6 Å². The summed E-state index contributed by atoms with van der Waals surface area (Å²) >= 11 is 5.78. The van der Waals surface area contributed by atoms with Crippen LogP contribution in [0.5, 0.6) is 0 Å². The van der Waals surface area contributed by atoms with Crippen LogP contribution in [0, 0.1) is 5.92 Å². The van der Waals surface area contributed by atoms with E-state index in [-0.39, 0.29) is 16.5 Å². The van der Waals surface area contributed by atoms with E-state index in [9.17, 15) is 9.59 Å². The summed E-state index contributed by atoms with van der Waals surface area (Å²) in [6.45, 7) is 0.579. The standard InChI is InChI=1S/C11H13ClN4O2/c1-15-9(17)7-8(14-10(12)13-7)16(11(15)18)5-4-6-2-3-6/h6H,2-5H2,1H3,(H,13,14). The lowest BCUT2D eigenvalue weighted by Gasteiger charge is -2.07. The number of aromatic nitrogens is 4. The highest BCUT2D eigenvalue weighted by Crippen LogP contribution is 2.32. The Hall–Kier alpha value is -1.56. The Labute approximate surface area is 107 Å². The lowest BCUT2D eigenvalue weighted by molar-refractivity contribution is 0.561. The van der Waals surface area contributed by atoms with Gasteiger partial charge in [0.15, 0.2) is 11.2 Å². The first kappa shape index (κ1) is 11.5. The fourth-order valence-corrected chi connectivity index (χ4v) is 2.30. The van der Waals surface area contributed by atoms with Gasteiger partial charge in [-0.1, -0.05) is 12.8 Å². The van der Waals surface area contributed by atoms with E-state index in [1.54, 1.807) is 0 Å². The maximum atomic E-state index is 12.1. The summed E-state index contributed by atoms with van der Waals surface area (Å²) in [7, 11) is 1.46. The summed E-state index contributed by atoms with van der Waals surface area (Å²) in [6, 6.07) is 0. The molecule has 2 heterocycles. The highest BCUT2D eigenvalue weighted by molar-refractivity contribution is 6.28. The maximum Gasteiger partial charge on any atom is 0.332 e. The van der Waals surface area contributed by atoms with Crippen LogP contribution in [0.2, 0.25) is 5.28 Å². The highest BCUT2D eigenvalue weighted by Gasteiger charge is 2.22. The van der Waals surface area contributed by atoms with Crippen molar-refractivity contribution in [2.75, 3.05) is 0 Å². The number of halogens is 1. The molecule has 0 saturated heterocycles. The van der Waals surface area contributed by atoms with Gasteiger partial charge in [-0.15, -0.1) is 0 Å². The zero-order valence-electron chi connectivity index (χ0n) is 9.94. The Morgan fingerprint density at radius 2 is 2.17 bits per heavy atom. The van der Waals surface area contributed by atoms with Crippen LogP contribution in [0.25, 0.3) is 11.2 Å². The molecule has 0 radical (unpaired) electrons. The first-order chi connectivity index (χ1) is 8.58. The first-order valence-electron chi connectivity index (χ1n) is 5.93. The number of aryl methyl sites for hydroxylation is 1. The van der Waals surface area contributed by atoms with Gasteiger partial charge in [0.25, 0.3) is 5.56 Å². The van der Waals surface area contributed by atoms with Crippen molar-refractivity contribution in [3.63, 3.8) is 0 Å². The van der Waals surface area contributed by atoms with Gasteiger partial charge in [-0.25, -0.2) is 4.79 Å². The second kappa shape index (κ2) is 3.98. The molecular weight excluding hydrogens is 256 g/mol.